The largest absolute Gasteiger partial charge is 0.480 e. The van der Waals surface area contributed by atoms with Crippen molar-refractivity contribution in [1.82, 2.24) is 4.90 Å². The Morgan fingerprint density at radius 2 is 2.50 bits per heavy atom. The van der Waals surface area contributed by atoms with Crippen LogP contribution in [0, 0.1) is 0 Å². The van der Waals surface area contributed by atoms with Crippen molar-refractivity contribution < 1.29 is 14.6 Å². The van der Waals surface area contributed by atoms with Crippen molar-refractivity contribution in [2.24, 2.45) is 0 Å². The van der Waals surface area contributed by atoms with Gasteiger partial charge in [0.1, 0.15) is 5.38 Å². The minimum absolute atomic E-state index is 0.162. The van der Waals surface area contributed by atoms with E-state index in [1.807, 2.05) is 11.8 Å². The topological polar surface area (TPSA) is 49.8 Å². The second-order valence-electron chi connectivity index (χ2n) is 3.60. The number of carboxylic acid groups (broad SMARTS) is 1. The van der Waals surface area contributed by atoms with E-state index < -0.39 is 11.3 Å². The van der Waals surface area contributed by atoms with Crippen molar-refractivity contribution >= 4 is 17.6 Å². The van der Waals surface area contributed by atoms with E-state index in [0.29, 0.717) is 6.54 Å². The zero-order valence-corrected chi connectivity index (χ0v) is 9.04. The summed E-state index contributed by atoms with van der Waals surface area (Å²) < 4.78 is 5.44. The maximum atomic E-state index is 10.6. The molecule has 2 atom stereocenters. The zero-order valence-electron chi connectivity index (χ0n) is 8.28. The van der Waals surface area contributed by atoms with Crippen LogP contribution in [0.1, 0.15) is 13.3 Å². The third kappa shape index (κ3) is 3.82. The molecule has 0 aliphatic carbocycles. The molecule has 1 saturated heterocycles. The Hall–Kier alpha value is -0.320. The van der Waals surface area contributed by atoms with Gasteiger partial charge in [-0.1, -0.05) is 0 Å². The minimum atomic E-state index is -0.954. The number of hydrogen-bond acceptors (Lipinski definition) is 3. The first-order chi connectivity index (χ1) is 6.59. The molecule has 1 fully saturated rings. The smallest absolute Gasteiger partial charge is 0.322 e. The Morgan fingerprint density at radius 3 is 3.14 bits per heavy atom. The quantitative estimate of drug-likeness (QED) is 0.716. The summed E-state index contributed by atoms with van der Waals surface area (Å²) in [4.78, 5) is 12.6. The van der Waals surface area contributed by atoms with Crippen molar-refractivity contribution in [1.29, 1.82) is 0 Å². The molecule has 0 amide bonds. The number of alkyl halides is 1. The number of carbonyl (C=O) groups is 1. The van der Waals surface area contributed by atoms with Crippen molar-refractivity contribution in [2.45, 2.75) is 24.8 Å². The van der Waals surface area contributed by atoms with E-state index in [2.05, 4.69) is 0 Å². The molecule has 1 heterocycles. The van der Waals surface area contributed by atoms with Crippen LogP contribution < -0.4 is 0 Å². The maximum absolute atomic E-state index is 10.6. The first-order valence-corrected chi connectivity index (χ1v) is 5.24. The van der Waals surface area contributed by atoms with E-state index in [-0.39, 0.29) is 6.10 Å². The molecule has 1 aliphatic rings. The summed E-state index contributed by atoms with van der Waals surface area (Å²) >= 11 is 5.67. The standard InChI is InChI=1S/C9H16ClNO3/c1-7-5-11(3-2-4-14-7)6-8(10)9(12)13/h7-8H,2-6H2,1H3,(H,12,13). The van der Waals surface area contributed by atoms with Crippen LogP contribution in [0.2, 0.25) is 0 Å². The highest BCUT2D eigenvalue weighted by molar-refractivity contribution is 6.29. The lowest BCUT2D eigenvalue weighted by Gasteiger charge is -2.22. The Labute approximate surface area is 88.8 Å². The first kappa shape index (κ1) is 11.8. The molecule has 1 aliphatic heterocycles. The van der Waals surface area contributed by atoms with Crippen molar-refractivity contribution in [3.8, 4) is 0 Å². The van der Waals surface area contributed by atoms with Crippen molar-refractivity contribution in [3.05, 3.63) is 0 Å². The minimum Gasteiger partial charge on any atom is -0.480 e. The van der Waals surface area contributed by atoms with Gasteiger partial charge in [-0.3, -0.25) is 9.69 Å². The number of halogens is 1. The number of carboxylic acids is 1. The third-order valence-corrected chi connectivity index (χ3v) is 2.55. The molecule has 1 N–H and O–H groups in total. The van der Waals surface area contributed by atoms with Crippen molar-refractivity contribution in [3.63, 3.8) is 0 Å². The monoisotopic (exact) mass is 221 g/mol. The van der Waals surface area contributed by atoms with Crippen LogP contribution >= 0.6 is 11.6 Å². The highest BCUT2D eigenvalue weighted by atomic mass is 35.5. The van der Waals surface area contributed by atoms with Crippen LogP contribution in [0.5, 0.6) is 0 Å². The van der Waals surface area contributed by atoms with E-state index in [9.17, 15) is 4.79 Å². The van der Waals surface area contributed by atoms with E-state index in [1.54, 1.807) is 0 Å². The van der Waals surface area contributed by atoms with Crippen LogP contribution in [0.3, 0.4) is 0 Å². The predicted octanol–water partition coefficient (Wildman–Crippen LogP) is 0.789. The number of ether oxygens (including phenoxy) is 1. The molecule has 0 bridgehead atoms. The molecule has 82 valence electrons. The Kier molecular flexibility index (Phi) is 4.65. The number of nitrogens with zero attached hydrogens (tertiary/aromatic N) is 1. The molecule has 0 aromatic carbocycles. The van der Waals surface area contributed by atoms with Gasteiger partial charge in [0.25, 0.3) is 0 Å². The zero-order chi connectivity index (χ0) is 10.6. The second kappa shape index (κ2) is 5.53. The molecular weight excluding hydrogens is 206 g/mol. The van der Waals surface area contributed by atoms with Crippen LogP contribution in [0.15, 0.2) is 0 Å². The SMILES string of the molecule is CC1CN(CC(Cl)C(=O)O)CCCO1. The summed E-state index contributed by atoms with van der Waals surface area (Å²) in [5.74, 6) is -0.954. The lowest BCUT2D eigenvalue weighted by molar-refractivity contribution is -0.137. The van der Waals surface area contributed by atoms with Gasteiger partial charge in [-0.05, 0) is 13.3 Å². The van der Waals surface area contributed by atoms with E-state index in [4.69, 9.17) is 21.4 Å². The van der Waals surface area contributed by atoms with Crippen molar-refractivity contribution in [2.75, 3.05) is 26.2 Å². The maximum Gasteiger partial charge on any atom is 0.322 e. The molecule has 0 radical (unpaired) electrons. The fraction of sp³-hybridized carbons (Fsp3) is 0.889. The molecular formula is C9H16ClNO3. The van der Waals surface area contributed by atoms with E-state index in [0.717, 1.165) is 26.1 Å². The van der Waals surface area contributed by atoms with Crippen LogP contribution in [0.25, 0.3) is 0 Å². The van der Waals surface area contributed by atoms with Gasteiger partial charge in [-0.15, -0.1) is 11.6 Å². The van der Waals surface area contributed by atoms with Gasteiger partial charge in [-0.2, -0.15) is 0 Å². The summed E-state index contributed by atoms with van der Waals surface area (Å²) in [6, 6.07) is 0. The molecule has 2 unspecified atom stereocenters. The lowest BCUT2D eigenvalue weighted by atomic mass is 10.3. The average Bonchev–Trinajstić information content (AvgIpc) is 2.29. The summed E-state index contributed by atoms with van der Waals surface area (Å²) in [5, 5.41) is 7.84. The molecule has 0 aromatic rings. The Morgan fingerprint density at radius 1 is 1.79 bits per heavy atom. The molecule has 5 heteroatoms. The predicted molar refractivity (Wildman–Crippen MR) is 53.7 cm³/mol. The van der Waals surface area contributed by atoms with Crippen LogP contribution in [-0.4, -0.2) is 53.7 Å². The van der Waals surface area contributed by atoms with Gasteiger partial charge in [0, 0.05) is 26.2 Å². The first-order valence-electron chi connectivity index (χ1n) is 4.80. The number of rotatable bonds is 3. The fourth-order valence-electron chi connectivity index (χ4n) is 1.55. The molecule has 0 saturated carbocycles. The van der Waals surface area contributed by atoms with E-state index >= 15 is 0 Å². The van der Waals surface area contributed by atoms with Gasteiger partial charge in [0.2, 0.25) is 0 Å². The Bertz CT molecular complexity index is 200. The summed E-state index contributed by atoms with van der Waals surface area (Å²) in [6.07, 6.45) is 1.10. The van der Waals surface area contributed by atoms with Crippen LogP contribution in [-0.2, 0) is 9.53 Å². The van der Waals surface area contributed by atoms with Gasteiger partial charge >= 0.3 is 5.97 Å². The normalized spacial score (nSPS) is 26.9. The van der Waals surface area contributed by atoms with Gasteiger partial charge in [-0.25, -0.2) is 0 Å². The van der Waals surface area contributed by atoms with Gasteiger partial charge < -0.3 is 9.84 Å². The molecule has 1 rings (SSSR count). The summed E-state index contributed by atoms with van der Waals surface area (Å²) in [6.45, 7) is 4.75. The highest BCUT2D eigenvalue weighted by Gasteiger charge is 2.21. The number of aliphatic carboxylic acids is 1. The van der Waals surface area contributed by atoms with Crippen LogP contribution in [0.4, 0.5) is 0 Å². The molecule has 0 aromatic heterocycles. The summed E-state index contributed by atoms with van der Waals surface area (Å²) in [5.41, 5.74) is 0. The second-order valence-corrected chi connectivity index (χ2v) is 4.13. The van der Waals surface area contributed by atoms with Gasteiger partial charge in [0.15, 0.2) is 0 Å². The molecule has 4 nitrogen and oxygen atoms in total. The number of hydrogen-bond donors (Lipinski definition) is 1. The lowest BCUT2D eigenvalue weighted by Crippen LogP contribution is -2.37. The van der Waals surface area contributed by atoms with Gasteiger partial charge in [0.05, 0.1) is 6.10 Å². The average molecular weight is 222 g/mol. The fourth-order valence-corrected chi connectivity index (χ4v) is 1.75. The third-order valence-electron chi connectivity index (χ3n) is 2.22. The molecule has 0 spiro atoms. The molecule has 14 heavy (non-hydrogen) atoms. The summed E-state index contributed by atoms with van der Waals surface area (Å²) in [7, 11) is 0. The highest BCUT2D eigenvalue weighted by Crippen LogP contribution is 2.08. The van der Waals surface area contributed by atoms with E-state index in [1.165, 1.54) is 0 Å². The Balaban J connectivity index is 2.38.